The maximum absolute atomic E-state index is 12.5. The Kier molecular flexibility index (Phi) is 7.87. The van der Waals surface area contributed by atoms with Gasteiger partial charge < -0.3 is 19.5 Å². The van der Waals surface area contributed by atoms with Crippen LogP contribution in [-0.4, -0.2) is 34.6 Å². The van der Waals surface area contributed by atoms with Crippen molar-refractivity contribution in [2.45, 2.75) is 6.92 Å². The number of ether oxygens (including phenoxy) is 3. The van der Waals surface area contributed by atoms with Gasteiger partial charge in [0.2, 0.25) is 5.75 Å². The quantitative estimate of drug-likeness (QED) is 0.209. The van der Waals surface area contributed by atoms with Crippen molar-refractivity contribution in [1.82, 2.24) is 5.32 Å². The van der Waals surface area contributed by atoms with Gasteiger partial charge in [0.25, 0.3) is 11.6 Å². The molecule has 1 saturated heterocycles. The predicted octanol–water partition coefficient (Wildman–Crippen LogP) is 5.59. The van der Waals surface area contributed by atoms with Crippen LogP contribution < -0.4 is 19.5 Å². The molecule has 0 aromatic heterocycles. The van der Waals surface area contributed by atoms with Crippen molar-refractivity contribution in [3.8, 4) is 23.0 Å². The molecule has 0 atom stereocenters. The van der Waals surface area contributed by atoms with Crippen molar-refractivity contribution in [2.24, 2.45) is 4.99 Å². The van der Waals surface area contributed by atoms with Crippen LogP contribution in [0.4, 0.5) is 17.1 Å². The molecule has 12 nitrogen and oxygen atoms in total. The van der Waals surface area contributed by atoms with Gasteiger partial charge in [-0.05, 0) is 72.8 Å². The highest BCUT2D eigenvalue weighted by Gasteiger charge is 2.25. The summed E-state index contributed by atoms with van der Waals surface area (Å²) in [6.07, 6.45) is 1.64. The molecule has 1 heterocycles. The molecule has 13 heteroatoms. The first kappa shape index (κ1) is 26.2. The van der Waals surface area contributed by atoms with Gasteiger partial charge in [-0.3, -0.25) is 25.0 Å². The van der Waals surface area contributed by atoms with Crippen LogP contribution in [-0.2, 0) is 4.79 Å². The van der Waals surface area contributed by atoms with E-state index in [0.29, 0.717) is 27.9 Å². The monoisotopic (exact) mass is 536 g/mol. The fraction of sp³-hybridized carbons (Fsp3) is 0.120. The van der Waals surface area contributed by atoms with Crippen LogP contribution in [0.25, 0.3) is 6.08 Å². The van der Waals surface area contributed by atoms with E-state index in [-0.39, 0.29) is 23.2 Å². The highest BCUT2D eigenvalue weighted by molar-refractivity contribution is 8.18. The van der Waals surface area contributed by atoms with Crippen molar-refractivity contribution in [2.75, 3.05) is 13.7 Å². The molecule has 0 aliphatic carbocycles. The van der Waals surface area contributed by atoms with Crippen LogP contribution >= 0.6 is 11.8 Å². The second-order valence-electron chi connectivity index (χ2n) is 7.59. The Labute approximate surface area is 220 Å². The molecule has 0 bridgehead atoms. The summed E-state index contributed by atoms with van der Waals surface area (Å²) in [5.74, 6) is 0.600. The minimum absolute atomic E-state index is 0.146. The Morgan fingerprint density at radius 2 is 1.71 bits per heavy atom. The van der Waals surface area contributed by atoms with Crippen LogP contribution in [0.5, 0.6) is 23.0 Å². The van der Waals surface area contributed by atoms with Gasteiger partial charge in [0.05, 0.1) is 40.2 Å². The van der Waals surface area contributed by atoms with Crippen molar-refractivity contribution in [1.29, 1.82) is 0 Å². The highest BCUT2D eigenvalue weighted by atomic mass is 32.2. The number of hydrogen-bond acceptors (Lipinski definition) is 10. The zero-order chi connectivity index (χ0) is 27.2. The van der Waals surface area contributed by atoms with Gasteiger partial charge in [-0.2, -0.15) is 0 Å². The highest BCUT2D eigenvalue weighted by Crippen LogP contribution is 2.39. The molecule has 1 amide bonds. The topological polar surface area (TPSA) is 155 Å². The standard InChI is InChI=1S/C25H20N4O8S/c1-3-36-18-8-5-16(6-9-18)26-25-27-24(30)23(38-25)13-15-4-10-21(22(12-15)35-2)37-20-11-7-17(28(31)32)14-19(20)29(33)34/h4-14H,3H2,1-2H3,(H,26,27,30). The number of amidine groups is 1. The molecule has 0 unspecified atom stereocenters. The lowest BCUT2D eigenvalue weighted by molar-refractivity contribution is -0.394. The Morgan fingerprint density at radius 3 is 2.37 bits per heavy atom. The number of rotatable bonds is 9. The maximum Gasteiger partial charge on any atom is 0.318 e. The van der Waals surface area contributed by atoms with Crippen LogP contribution in [0.2, 0.25) is 0 Å². The lowest BCUT2D eigenvalue weighted by Crippen LogP contribution is -2.19. The van der Waals surface area contributed by atoms with Gasteiger partial charge >= 0.3 is 5.69 Å². The van der Waals surface area contributed by atoms with E-state index < -0.39 is 21.2 Å². The van der Waals surface area contributed by atoms with Gasteiger partial charge in [0, 0.05) is 6.07 Å². The lowest BCUT2D eigenvalue weighted by Gasteiger charge is -2.11. The third-order valence-electron chi connectivity index (χ3n) is 5.08. The summed E-state index contributed by atoms with van der Waals surface area (Å²) in [6.45, 7) is 2.46. The number of benzene rings is 3. The number of nitrogens with zero attached hydrogens (tertiary/aromatic N) is 3. The first-order valence-electron chi connectivity index (χ1n) is 11.1. The van der Waals surface area contributed by atoms with Gasteiger partial charge in [-0.15, -0.1) is 0 Å². The second-order valence-corrected chi connectivity index (χ2v) is 8.62. The minimum atomic E-state index is -0.768. The van der Waals surface area contributed by atoms with E-state index in [0.717, 1.165) is 23.9 Å². The third kappa shape index (κ3) is 6.07. The number of aliphatic imine (C=N–C) groups is 1. The van der Waals surface area contributed by atoms with E-state index >= 15 is 0 Å². The van der Waals surface area contributed by atoms with Crippen molar-refractivity contribution in [3.63, 3.8) is 0 Å². The fourth-order valence-corrected chi connectivity index (χ4v) is 4.20. The molecule has 38 heavy (non-hydrogen) atoms. The number of nitro groups is 2. The molecule has 1 N–H and O–H groups in total. The zero-order valence-electron chi connectivity index (χ0n) is 20.1. The molecule has 0 saturated carbocycles. The largest absolute Gasteiger partial charge is 0.494 e. The lowest BCUT2D eigenvalue weighted by atomic mass is 10.2. The summed E-state index contributed by atoms with van der Waals surface area (Å²) in [5.41, 5.74) is 0.259. The molecule has 3 aromatic carbocycles. The fourth-order valence-electron chi connectivity index (χ4n) is 3.36. The van der Waals surface area contributed by atoms with Gasteiger partial charge in [0.1, 0.15) is 5.75 Å². The molecule has 194 valence electrons. The molecular formula is C25H20N4O8S. The number of carbonyl (C=O) groups excluding carboxylic acids is 1. The Hall–Kier alpha value is -4.91. The third-order valence-corrected chi connectivity index (χ3v) is 5.99. The van der Waals surface area contributed by atoms with Gasteiger partial charge in [0.15, 0.2) is 16.7 Å². The number of nitro benzene ring substituents is 2. The van der Waals surface area contributed by atoms with Crippen molar-refractivity contribution >= 4 is 46.0 Å². The molecule has 1 aliphatic rings. The van der Waals surface area contributed by atoms with Crippen LogP contribution in [0, 0.1) is 20.2 Å². The maximum atomic E-state index is 12.5. The van der Waals surface area contributed by atoms with Crippen molar-refractivity contribution < 1.29 is 28.9 Å². The summed E-state index contributed by atoms with van der Waals surface area (Å²) in [5, 5.41) is 25.5. The number of carbonyl (C=O) groups is 1. The predicted molar refractivity (Wildman–Crippen MR) is 141 cm³/mol. The molecule has 4 rings (SSSR count). The zero-order valence-corrected chi connectivity index (χ0v) is 20.9. The number of nitrogens with one attached hydrogen (secondary N) is 1. The average molecular weight is 537 g/mol. The smallest absolute Gasteiger partial charge is 0.318 e. The number of non-ortho nitro benzene ring substituents is 1. The second kappa shape index (κ2) is 11.4. The van der Waals surface area contributed by atoms with E-state index in [1.54, 1.807) is 42.5 Å². The molecule has 1 aliphatic heterocycles. The van der Waals surface area contributed by atoms with E-state index in [9.17, 15) is 25.0 Å². The molecule has 0 radical (unpaired) electrons. The number of methoxy groups -OCH3 is 1. The number of hydrogen-bond donors (Lipinski definition) is 1. The molecule has 0 spiro atoms. The van der Waals surface area contributed by atoms with E-state index in [1.807, 2.05) is 6.92 Å². The van der Waals surface area contributed by atoms with Crippen LogP contribution in [0.1, 0.15) is 12.5 Å². The average Bonchev–Trinajstić information content (AvgIpc) is 3.24. The van der Waals surface area contributed by atoms with Gasteiger partial charge in [-0.25, -0.2) is 4.99 Å². The Balaban J connectivity index is 1.54. The first-order valence-corrected chi connectivity index (χ1v) is 11.9. The molecular weight excluding hydrogens is 516 g/mol. The van der Waals surface area contributed by atoms with E-state index in [4.69, 9.17) is 14.2 Å². The van der Waals surface area contributed by atoms with Crippen molar-refractivity contribution in [3.05, 3.63) is 91.4 Å². The minimum Gasteiger partial charge on any atom is -0.494 e. The summed E-state index contributed by atoms with van der Waals surface area (Å²) in [7, 11) is 1.39. The van der Waals surface area contributed by atoms with Crippen LogP contribution in [0.15, 0.2) is 70.6 Å². The van der Waals surface area contributed by atoms with E-state index in [2.05, 4.69) is 10.3 Å². The summed E-state index contributed by atoms with van der Waals surface area (Å²) >= 11 is 1.17. The molecule has 3 aromatic rings. The normalized spacial score (nSPS) is 14.8. The first-order chi connectivity index (χ1) is 18.3. The number of thioether (sulfide) groups is 1. The SMILES string of the molecule is CCOc1ccc(N=C2NC(=O)C(=Cc3ccc(Oc4ccc([N+](=O)[O-])cc4[N+](=O)[O-])c(OC)c3)S2)cc1. The summed E-state index contributed by atoms with van der Waals surface area (Å²) < 4.78 is 16.4. The van der Waals surface area contributed by atoms with E-state index in [1.165, 1.54) is 24.9 Å². The Morgan fingerprint density at radius 1 is 0.974 bits per heavy atom. The summed E-state index contributed by atoms with van der Waals surface area (Å²) in [4.78, 5) is 38.2. The molecule has 1 fully saturated rings. The number of amides is 1. The van der Waals surface area contributed by atoms with Crippen LogP contribution in [0.3, 0.4) is 0 Å². The Bertz CT molecular complexity index is 1470. The summed E-state index contributed by atoms with van der Waals surface area (Å²) in [6, 6.07) is 15.0. The van der Waals surface area contributed by atoms with Gasteiger partial charge in [-0.1, -0.05) is 6.07 Å².